The zero-order valence-corrected chi connectivity index (χ0v) is 14.1. The normalized spacial score (nSPS) is 18.4. The molecular formula is C18H17N3O3S. The Labute approximate surface area is 146 Å². The molecule has 2 unspecified atom stereocenters. The third-order valence-electron chi connectivity index (χ3n) is 4.31. The second kappa shape index (κ2) is 6.31. The first kappa shape index (κ1) is 17.1. The Morgan fingerprint density at radius 2 is 1.72 bits per heavy atom. The van der Waals surface area contributed by atoms with Crippen molar-refractivity contribution in [3.05, 3.63) is 65.7 Å². The minimum absolute atomic E-state index is 0.123. The summed E-state index contributed by atoms with van der Waals surface area (Å²) in [5, 5.41) is 19.7. The number of nitrogens with zero attached hydrogens (tertiary/aromatic N) is 2. The monoisotopic (exact) mass is 355 g/mol. The number of amides is 1. The number of nitrogens with two attached hydrogens (primary N) is 1. The van der Waals surface area contributed by atoms with Crippen LogP contribution in [0.15, 0.2) is 63.9 Å². The van der Waals surface area contributed by atoms with Gasteiger partial charge in [-0.2, -0.15) is 5.26 Å². The summed E-state index contributed by atoms with van der Waals surface area (Å²) >= 11 is 0. The van der Waals surface area contributed by atoms with Crippen molar-refractivity contribution >= 4 is 15.6 Å². The van der Waals surface area contributed by atoms with Crippen molar-refractivity contribution in [3.8, 4) is 6.19 Å². The van der Waals surface area contributed by atoms with E-state index in [1.165, 1.54) is 24.3 Å². The van der Waals surface area contributed by atoms with E-state index in [2.05, 4.69) is 4.36 Å². The molecule has 1 amide bonds. The van der Waals surface area contributed by atoms with Gasteiger partial charge in [0.05, 0.1) is 9.73 Å². The second-order valence-electron chi connectivity index (χ2n) is 5.92. The Balaban J connectivity index is 2.07. The van der Waals surface area contributed by atoms with E-state index in [1.807, 2.05) is 0 Å². The first-order chi connectivity index (χ1) is 11.9. The van der Waals surface area contributed by atoms with E-state index in [0.717, 1.165) is 12.8 Å². The molecule has 2 aromatic carbocycles. The summed E-state index contributed by atoms with van der Waals surface area (Å²) in [5.41, 5.74) is 4.08. The van der Waals surface area contributed by atoms with Crippen LogP contribution in [0, 0.1) is 11.5 Å². The highest BCUT2D eigenvalue weighted by molar-refractivity contribution is 7.94. The zero-order valence-electron chi connectivity index (χ0n) is 13.3. The predicted octanol–water partition coefficient (Wildman–Crippen LogP) is 1.88. The third kappa shape index (κ3) is 2.90. The maximum Gasteiger partial charge on any atom is 0.258 e. The van der Waals surface area contributed by atoms with E-state index in [-0.39, 0.29) is 10.8 Å². The number of hydrogen-bond acceptors (Lipinski definition) is 5. The number of benzene rings is 2. The molecule has 0 aliphatic heterocycles. The van der Waals surface area contributed by atoms with Crippen LogP contribution >= 0.6 is 0 Å². The molecule has 0 bridgehead atoms. The quantitative estimate of drug-likeness (QED) is 0.796. The molecule has 1 fully saturated rings. The van der Waals surface area contributed by atoms with Gasteiger partial charge in [0.25, 0.3) is 5.91 Å². The van der Waals surface area contributed by atoms with E-state index >= 15 is 0 Å². The summed E-state index contributed by atoms with van der Waals surface area (Å²) in [6, 6.07) is 14.5. The van der Waals surface area contributed by atoms with Gasteiger partial charge in [-0.25, -0.2) is 4.21 Å². The SMILES string of the molecule is N#CN=S(=O)(c1ccc(C(O)(C(N)=O)c2ccccc2)cc1)C1CC1. The van der Waals surface area contributed by atoms with Crippen molar-refractivity contribution in [1.29, 1.82) is 5.26 Å². The highest BCUT2D eigenvalue weighted by atomic mass is 32.2. The summed E-state index contributed by atoms with van der Waals surface area (Å²) in [5.74, 6) is -0.906. The van der Waals surface area contributed by atoms with Gasteiger partial charge in [0.2, 0.25) is 6.19 Å². The molecule has 2 aromatic rings. The van der Waals surface area contributed by atoms with Crippen LogP contribution in [0.3, 0.4) is 0 Å². The lowest BCUT2D eigenvalue weighted by molar-refractivity contribution is -0.133. The molecule has 0 aromatic heterocycles. The van der Waals surface area contributed by atoms with Crippen LogP contribution in [-0.4, -0.2) is 20.5 Å². The van der Waals surface area contributed by atoms with E-state index < -0.39 is 21.2 Å². The fourth-order valence-corrected chi connectivity index (χ4v) is 4.85. The van der Waals surface area contributed by atoms with Crippen molar-refractivity contribution < 1.29 is 14.1 Å². The number of rotatable bonds is 5. The van der Waals surface area contributed by atoms with Crippen LogP contribution in [0.1, 0.15) is 24.0 Å². The van der Waals surface area contributed by atoms with E-state index in [1.54, 1.807) is 36.5 Å². The van der Waals surface area contributed by atoms with Gasteiger partial charge in [-0.05, 0) is 36.1 Å². The minimum Gasteiger partial charge on any atom is -0.372 e. The van der Waals surface area contributed by atoms with Crippen molar-refractivity contribution in [3.63, 3.8) is 0 Å². The van der Waals surface area contributed by atoms with Gasteiger partial charge >= 0.3 is 0 Å². The average molecular weight is 355 g/mol. The van der Waals surface area contributed by atoms with E-state index in [9.17, 15) is 14.1 Å². The molecule has 25 heavy (non-hydrogen) atoms. The van der Waals surface area contributed by atoms with E-state index in [0.29, 0.717) is 10.5 Å². The van der Waals surface area contributed by atoms with Gasteiger partial charge in [-0.15, -0.1) is 4.36 Å². The number of hydrogen-bond donors (Lipinski definition) is 2. The number of carbonyl (C=O) groups is 1. The smallest absolute Gasteiger partial charge is 0.258 e. The van der Waals surface area contributed by atoms with Crippen LogP contribution in [0.4, 0.5) is 0 Å². The predicted molar refractivity (Wildman–Crippen MR) is 92.5 cm³/mol. The van der Waals surface area contributed by atoms with E-state index in [4.69, 9.17) is 11.0 Å². The van der Waals surface area contributed by atoms with Gasteiger partial charge in [0.15, 0.2) is 5.60 Å². The molecule has 0 radical (unpaired) electrons. The lowest BCUT2D eigenvalue weighted by Crippen LogP contribution is -2.42. The third-order valence-corrected chi connectivity index (χ3v) is 6.99. The van der Waals surface area contributed by atoms with Crippen molar-refractivity contribution in [2.75, 3.05) is 0 Å². The number of carbonyl (C=O) groups excluding carboxylic acids is 1. The van der Waals surface area contributed by atoms with Crippen LogP contribution in [-0.2, 0) is 20.1 Å². The molecule has 1 aliphatic carbocycles. The summed E-state index contributed by atoms with van der Waals surface area (Å²) in [4.78, 5) is 12.4. The molecule has 6 nitrogen and oxygen atoms in total. The first-order valence-electron chi connectivity index (χ1n) is 7.75. The number of primary amides is 1. The average Bonchev–Trinajstić information content (AvgIpc) is 3.47. The van der Waals surface area contributed by atoms with Gasteiger partial charge < -0.3 is 10.8 Å². The molecule has 7 heteroatoms. The zero-order chi connectivity index (χ0) is 18.1. The Bertz CT molecular complexity index is 953. The highest BCUT2D eigenvalue weighted by Gasteiger charge is 2.39. The number of nitriles is 1. The standard InChI is InChI=1S/C18H17N3O3S/c19-12-21-25(24,16-10-11-16)15-8-6-14(7-9-15)18(23,17(20)22)13-4-2-1-3-5-13/h1-9,16,23H,10-11H2,(H2,20,22). The molecule has 1 aliphatic rings. The minimum atomic E-state index is -2.80. The Kier molecular flexibility index (Phi) is 4.33. The largest absolute Gasteiger partial charge is 0.372 e. The second-order valence-corrected chi connectivity index (χ2v) is 8.38. The lowest BCUT2D eigenvalue weighted by atomic mass is 9.86. The van der Waals surface area contributed by atoms with Crippen molar-refractivity contribution in [2.45, 2.75) is 28.6 Å². The van der Waals surface area contributed by atoms with Crippen LogP contribution in [0.2, 0.25) is 0 Å². The fourth-order valence-electron chi connectivity index (χ4n) is 2.79. The molecule has 1 saturated carbocycles. The van der Waals surface area contributed by atoms with Gasteiger partial charge in [0, 0.05) is 10.1 Å². The van der Waals surface area contributed by atoms with Crippen molar-refractivity contribution in [2.24, 2.45) is 10.1 Å². The summed E-state index contributed by atoms with van der Waals surface area (Å²) in [6.07, 6.45) is 3.17. The Morgan fingerprint density at radius 1 is 1.16 bits per heavy atom. The maximum absolute atomic E-state index is 13.0. The maximum atomic E-state index is 13.0. The van der Waals surface area contributed by atoms with Gasteiger partial charge in [-0.3, -0.25) is 4.79 Å². The van der Waals surface area contributed by atoms with Gasteiger partial charge in [0.1, 0.15) is 0 Å². The molecule has 128 valence electrons. The molecular weight excluding hydrogens is 338 g/mol. The molecule has 0 heterocycles. The summed E-state index contributed by atoms with van der Waals surface area (Å²) in [6.45, 7) is 0. The molecule has 0 spiro atoms. The molecule has 0 saturated heterocycles. The molecule has 2 atom stereocenters. The Morgan fingerprint density at radius 3 is 2.20 bits per heavy atom. The topological polar surface area (TPSA) is 117 Å². The van der Waals surface area contributed by atoms with Crippen LogP contribution in [0.5, 0.6) is 0 Å². The van der Waals surface area contributed by atoms with Crippen LogP contribution in [0.25, 0.3) is 0 Å². The number of aliphatic hydroxyl groups is 1. The summed E-state index contributed by atoms with van der Waals surface area (Å²) < 4.78 is 16.6. The molecule has 3 rings (SSSR count). The summed E-state index contributed by atoms with van der Waals surface area (Å²) in [7, 11) is -2.80. The van der Waals surface area contributed by atoms with Gasteiger partial charge in [-0.1, -0.05) is 42.5 Å². The lowest BCUT2D eigenvalue weighted by Gasteiger charge is -2.26. The highest BCUT2D eigenvalue weighted by Crippen LogP contribution is 2.36. The Hall–Kier alpha value is -2.69. The first-order valence-corrected chi connectivity index (χ1v) is 9.33. The van der Waals surface area contributed by atoms with Crippen molar-refractivity contribution in [1.82, 2.24) is 0 Å². The molecule has 3 N–H and O–H groups in total. The fraction of sp³-hybridized carbons (Fsp3) is 0.222. The van der Waals surface area contributed by atoms with Crippen LogP contribution < -0.4 is 5.73 Å².